The molecule has 0 saturated carbocycles. The minimum absolute atomic E-state index is 0.117. The lowest BCUT2D eigenvalue weighted by Crippen LogP contribution is -2.30. The van der Waals surface area contributed by atoms with Gasteiger partial charge in [-0.3, -0.25) is 9.59 Å². The maximum atomic E-state index is 13.0. The van der Waals surface area contributed by atoms with Crippen molar-refractivity contribution in [3.8, 4) is 11.5 Å². The van der Waals surface area contributed by atoms with Crippen molar-refractivity contribution >= 4 is 23.6 Å². The molecule has 31 heavy (non-hydrogen) atoms. The number of methoxy groups -OCH3 is 2. The van der Waals surface area contributed by atoms with Crippen LogP contribution in [0.5, 0.6) is 11.5 Å². The van der Waals surface area contributed by atoms with Gasteiger partial charge < -0.3 is 20.1 Å². The summed E-state index contributed by atoms with van der Waals surface area (Å²) < 4.78 is 10.5. The van der Waals surface area contributed by atoms with E-state index in [9.17, 15) is 9.59 Å². The van der Waals surface area contributed by atoms with E-state index in [1.807, 2.05) is 61.5 Å². The lowest BCUT2D eigenvalue weighted by Gasteiger charge is -2.13. The minimum Gasteiger partial charge on any atom is -0.493 e. The van der Waals surface area contributed by atoms with Crippen LogP contribution in [0.4, 0.5) is 5.69 Å². The second-order valence-corrected chi connectivity index (χ2v) is 6.81. The van der Waals surface area contributed by atoms with Crippen LogP contribution in [-0.2, 0) is 4.79 Å². The van der Waals surface area contributed by atoms with Crippen LogP contribution >= 0.6 is 0 Å². The number of ether oxygens (including phenoxy) is 2. The standard InChI is InChI=1S/C25H24N2O4/c1-17-9-12-20(13-10-17)26-25(29)21(15-18-7-5-4-6-8-18)27-24(28)19-11-14-22(30-2)23(16-19)31-3/h4-16H,1-3H3,(H,26,29)(H,27,28). The Kier molecular flexibility index (Phi) is 7.06. The Morgan fingerprint density at radius 1 is 0.839 bits per heavy atom. The summed E-state index contributed by atoms with van der Waals surface area (Å²) in [5.41, 5.74) is 2.95. The molecular formula is C25H24N2O4. The fourth-order valence-corrected chi connectivity index (χ4v) is 2.88. The molecule has 158 valence electrons. The molecule has 0 aliphatic carbocycles. The molecule has 0 aromatic heterocycles. The number of rotatable bonds is 7. The number of hydrogen-bond acceptors (Lipinski definition) is 4. The monoisotopic (exact) mass is 416 g/mol. The third-order valence-corrected chi connectivity index (χ3v) is 4.56. The lowest BCUT2D eigenvalue weighted by atomic mass is 10.1. The van der Waals surface area contributed by atoms with Crippen LogP contribution in [0.3, 0.4) is 0 Å². The molecule has 0 aliphatic heterocycles. The zero-order valence-electron chi connectivity index (χ0n) is 17.6. The van der Waals surface area contributed by atoms with Crippen LogP contribution in [0, 0.1) is 6.92 Å². The highest BCUT2D eigenvalue weighted by atomic mass is 16.5. The first kappa shape index (κ1) is 21.6. The van der Waals surface area contributed by atoms with Gasteiger partial charge in [0.25, 0.3) is 11.8 Å². The number of hydrogen-bond donors (Lipinski definition) is 2. The van der Waals surface area contributed by atoms with Crippen molar-refractivity contribution in [1.82, 2.24) is 5.32 Å². The van der Waals surface area contributed by atoms with E-state index in [2.05, 4.69) is 10.6 Å². The van der Waals surface area contributed by atoms with E-state index >= 15 is 0 Å². The van der Waals surface area contributed by atoms with Crippen LogP contribution in [0.25, 0.3) is 6.08 Å². The third kappa shape index (κ3) is 5.73. The van der Waals surface area contributed by atoms with E-state index in [1.54, 1.807) is 24.3 Å². The molecule has 0 unspecified atom stereocenters. The van der Waals surface area contributed by atoms with Crippen molar-refractivity contribution in [2.45, 2.75) is 6.92 Å². The van der Waals surface area contributed by atoms with Gasteiger partial charge in [-0.2, -0.15) is 0 Å². The van der Waals surface area contributed by atoms with Crippen LogP contribution < -0.4 is 20.1 Å². The predicted molar refractivity (Wildman–Crippen MR) is 121 cm³/mol. The summed E-state index contributed by atoms with van der Waals surface area (Å²) >= 11 is 0. The molecule has 0 radical (unpaired) electrons. The molecule has 0 heterocycles. The fraction of sp³-hybridized carbons (Fsp3) is 0.120. The average molecular weight is 416 g/mol. The van der Waals surface area contributed by atoms with E-state index in [4.69, 9.17) is 9.47 Å². The Labute approximate surface area is 181 Å². The van der Waals surface area contributed by atoms with Crippen molar-refractivity contribution in [3.05, 3.63) is 95.2 Å². The Bertz CT molecular complexity index is 1090. The Balaban J connectivity index is 1.87. The summed E-state index contributed by atoms with van der Waals surface area (Å²) in [4.78, 5) is 25.8. The van der Waals surface area contributed by atoms with Crippen molar-refractivity contribution in [2.75, 3.05) is 19.5 Å². The Morgan fingerprint density at radius 2 is 1.52 bits per heavy atom. The average Bonchev–Trinajstić information content (AvgIpc) is 2.80. The number of carbonyl (C=O) groups excluding carboxylic acids is 2. The highest BCUT2D eigenvalue weighted by molar-refractivity contribution is 6.10. The number of carbonyl (C=O) groups is 2. The van der Waals surface area contributed by atoms with Gasteiger partial charge in [0.05, 0.1) is 14.2 Å². The molecule has 6 heteroatoms. The first-order valence-electron chi connectivity index (χ1n) is 9.68. The fourth-order valence-electron chi connectivity index (χ4n) is 2.88. The lowest BCUT2D eigenvalue weighted by molar-refractivity contribution is -0.113. The Morgan fingerprint density at radius 3 is 2.16 bits per heavy atom. The van der Waals surface area contributed by atoms with Crippen molar-refractivity contribution in [1.29, 1.82) is 0 Å². The molecule has 2 amide bonds. The van der Waals surface area contributed by atoms with Crippen molar-refractivity contribution < 1.29 is 19.1 Å². The molecular weight excluding hydrogens is 392 g/mol. The second-order valence-electron chi connectivity index (χ2n) is 6.81. The topological polar surface area (TPSA) is 76.7 Å². The molecule has 3 aromatic carbocycles. The van der Waals surface area contributed by atoms with Gasteiger partial charge in [0.1, 0.15) is 5.70 Å². The van der Waals surface area contributed by atoms with E-state index in [0.29, 0.717) is 22.7 Å². The highest BCUT2D eigenvalue weighted by Gasteiger charge is 2.17. The normalized spacial score (nSPS) is 10.9. The second kappa shape index (κ2) is 10.1. The molecule has 0 saturated heterocycles. The molecule has 2 N–H and O–H groups in total. The largest absolute Gasteiger partial charge is 0.493 e. The van der Waals surface area contributed by atoms with Crippen LogP contribution in [0.15, 0.2) is 78.5 Å². The highest BCUT2D eigenvalue weighted by Crippen LogP contribution is 2.27. The number of aryl methyl sites for hydroxylation is 1. The van der Waals surface area contributed by atoms with E-state index < -0.39 is 11.8 Å². The van der Waals surface area contributed by atoms with E-state index in [1.165, 1.54) is 14.2 Å². The third-order valence-electron chi connectivity index (χ3n) is 4.56. The van der Waals surface area contributed by atoms with Gasteiger partial charge in [0.2, 0.25) is 0 Å². The number of amides is 2. The number of benzene rings is 3. The SMILES string of the molecule is COc1ccc(C(=O)NC(=Cc2ccccc2)C(=O)Nc2ccc(C)cc2)cc1OC. The zero-order valence-corrected chi connectivity index (χ0v) is 17.6. The van der Waals surface area contributed by atoms with E-state index in [-0.39, 0.29) is 5.70 Å². The number of anilines is 1. The summed E-state index contributed by atoms with van der Waals surface area (Å²) in [6.45, 7) is 1.97. The van der Waals surface area contributed by atoms with Crippen molar-refractivity contribution in [3.63, 3.8) is 0 Å². The molecule has 0 spiro atoms. The van der Waals surface area contributed by atoms with Crippen LogP contribution in [0.2, 0.25) is 0 Å². The van der Waals surface area contributed by atoms with E-state index in [0.717, 1.165) is 11.1 Å². The van der Waals surface area contributed by atoms with Gasteiger partial charge in [-0.05, 0) is 48.9 Å². The Hall–Kier alpha value is -4.06. The first-order chi connectivity index (χ1) is 15.0. The molecule has 0 bridgehead atoms. The van der Waals surface area contributed by atoms with Gasteiger partial charge in [-0.1, -0.05) is 48.0 Å². The summed E-state index contributed by atoms with van der Waals surface area (Å²) in [7, 11) is 3.02. The summed E-state index contributed by atoms with van der Waals surface area (Å²) in [5, 5.41) is 5.54. The van der Waals surface area contributed by atoms with Gasteiger partial charge in [0.15, 0.2) is 11.5 Å². The quantitative estimate of drug-likeness (QED) is 0.559. The van der Waals surface area contributed by atoms with Gasteiger partial charge in [-0.25, -0.2) is 0 Å². The molecule has 0 fully saturated rings. The van der Waals surface area contributed by atoms with Crippen LogP contribution in [-0.4, -0.2) is 26.0 Å². The van der Waals surface area contributed by atoms with Crippen LogP contribution in [0.1, 0.15) is 21.5 Å². The first-order valence-corrected chi connectivity index (χ1v) is 9.68. The maximum Gasteiger partial charge on any atom is 0.272 e. The summed E-state index contributed by atoms with van der Waals surface area (Å²) in [6, 6.07) is 21.5. The molecule has 6 nitrogen and oxygen atoms in total. The minimum atomic E-state index is -0.442. The zero-order chi connectivity index (χ0) is 22.2. The molecule has 0 aliphatic rings. The molecule has 3 aromatic rings. The maximum absolute atomic E-state index is 13.0. The van der Waals surface area contributed by atoms with Gasteiger partial charge in [-0.15, -0.1) is 0 Å². The summed E-state index contributed by atoms with van der Waals surface area (Å²) in [5.74, 6) is 0.0628. The van der Waals surface area contributed by atoms with Gasteiger partial charge >= 0.3 is 0 Å². The van der Waals surface area contributed by atoms with Gasteiger partial charge in [0, 0.05) is 11.3 Å². The molecule has 0 atom stereocenters. The molecule has 3 rings (SSSR count). The van der Waals surface area contributed by atoms with Crippen molar-refractivity contribution in [2.24, 2.45) is 0 Å². The predicted octanol–water partition coefficient (Wildman–Crippen LogP) is 4.42. The smallest absolute Gasteiger partial charge is 0.272 e. The number of nitrogens with one attached hydrogen (secondary N) is 2. The summed E-state index contributed by atoms with van der Waals surface area (Å²) in [6.07, 6.45) is 1.63.